The third-order valence-corrected chi connectivity index (χ3v) is 2.12. The Balaban J connectivity index is 2.33. The Morgan fingerprint density at radius 2 is 2.23 bits per heavy atom. The molecule has 0 saturated carbocycles. The number of carbonyl (C=O) groups excluding carboxylic acids is 1. The summed E-state index contributed by atoms with van der Waals surface area (Å²) in [6.45, 7) is 1.83. The molecule has 1 aromatic carbocycles. The van der Waals surface area contributed by atoms with Crippen molar-refractivity contribution in [2.45, 2.75) is 6.42 Å². The zero-order chi connectivity index (χ0) is 9.26. The van der Waals surface area contributed by atoms with Crippen molar-refractivity contribution in [3.8, 4) is 0 Å². The fourth-order valence-corrected chi connectivity index (χ4v) is 1.48. The average molecular weight is 176 g/mol. The topological polar surface area (TPSA) is 29.5 Å². The van der Waals surface area contributed by atoms with E-state index in [0.717, 1.165) is 17.7 Å². The molecule has 0 bridgehead atoms. The zero-order valence-electron chi connectivity index (χ0n) is 7.36. The molecule has 1 aliphatic heterocycles. The van der Waals surface area contributed by atoms with Crippen LogP contribution in [-0.4, -0.2) is 13.2 Å². The van der Waals surface area contributed by atoms with Crippen LogP contribution >= 0.6 is 0 Å². The second-order valence-electron chi connectivity index (χ2n) is 2.86. The number of methoxy groups -OCH3 is 1. The Kier molecular flexibility index (Phi) is 1.93. The van der Waals surface area contributed by atoms with E-state index in [2.05, 4.69) is 4.74 Å². The minimum Gasteiger partial charge on any atom is -0.452 e. The molecule has 0 saturated heterocycles. The van der Waals surface area contributed by atoms with E-state index >= 15 is 0 Å². The van der Waals surface area contributed by atoms with Gasteiger partial charge in [-0.05, 0) is 18.1 Å². The molecular formula is C10H10NO2. The number of hydrogen-bond donors (Lipinski definition) is 0. The van der Waals surface area contributed by atoms with Crippen molar-refractivity contribution in [1.29, 1.82) is 0 Å². The molecule has 0 N–H and O–H groups in total. The van der Waals surface area contributed by atoms with Gasteiger partial charge in [0.15, 0.2) is 0 Å². The Bertz CT molecular complexity index is 335. The lowest BCUT2D eigenvalue weighted by molar-refractivity contribution is 0.180. The number of carbonyl (C=O) groups is 1. The van der Waals surface area contributed by atoms with E-state index in [1.807, 2.05) is 30.8 Å². The molecule has 0 atom stereocenters. The van der Waals surface area contributed by atoms with Crippen molar-refractivity contribution in [3.05, 3.63) is 36.4 Å². The van der Waals surface area contributed by atoms with Crippen LogP contribution in [0.3, 0.4) is 0 Å². The first-order valence-corrected chi connectivity index (χ1v) is 4.11. The van der Waals surface area contributed by atoms with Gasteiger partial charge in [-0.3, -0.25) is 4.90 Å². The van der Waals surface area contributed by atoms with E-state index in [9.17, 15) is 4.79 Å². The van der Waals surface area contributed by atoms with Crippen molar-refractivity contribution in [2.75, 3.05) is 12.0 Å². The first kappa shape index (κ1) is 8.10. The van der Waals surface area contributed by atoms with Gasteiger partial charge in [0.25, 0.3) is 0 Å². The number of rotatable bonds is 0. The summed E-state index contributed by atoms with van der Waals surface area (Å²) in [7, 11) is 1.39. The molecule has 0 unspecified atom stereocenters. The van der Waals surface area contributed by atoms with Crippen LogP contribution in [0.15, 0.2) is 24.3 Å². The van der Waals surface area contributed by atoms with Crippen LogP contribution in [-0.2, 0) is 11.2 Å². The van der Waals surface area contributed by atoms with Gasteiger partial charge in [-0.2, -0.15) is 0 Å². The van der Waals surface area contributed by atoms with Crippen LogP contribution in [0, 0.1) is 6.54 Å². The summed E-state index contributed by atoms with van der Waals surface area (Å²) >= 11 is 0. The van der Waals surface area contributed by atoms with Gasteiger partial charge in [0.05, 0.1) is 19.3 Å². The standard InChI is InChI=1S/C10H10NO2/c1-13-10(12)11-7-6-8-4-2-3-5-9(8)11/h2-5,7H,6H2,1H3. The number of benzene rings is 1. The fourth-order valence-electron chi connectivity index (χ4n) is 1.48. The maximum atomic E-state index is 11.2. The van der Waals surface area contributed by atoms with Gasteiger partial charge in [-0.25, -0.2) is 4.79 Å². The molecule has 0 aromatic heterocycles. The smallest absolute Gasteiger partial charge is 0.414 e. The van der Waals surface area contributed by atoms with Crippen molar-refractivity contribution in [1.82, 2.24) is 0 Å². The second-order valence-corrected chi connectivity index (χ2v) is 2.86. The highest BCUT2D eigenvalue weighted by Crippen LogP contribution is 2.29. The SMILES string of the molecule is COC(=O)N1[CH]Cc2ccccc21. The summed E-state index contributed by atoms with van der Waals surface area (Å²) in [5.41, 5.74) is 2.09. The molecule has 1 aliphatic rings. The molecule has 2 rings (SSSR count). The lowest BCUT2D eigenvalue weighted by Crippen LogP contribution is -2.25. The number of fused-ring (bicyclic) bond motifs is 1. The average Bonchev–Trinajstić information content (AvgIpc) is 2.60. The van der Waals surface area contributed by atoms with Gasteiger partial charge in [-0.1, -0.05) is 18.2 Å². The molecule has 0 fully saturated rings. The van der Waals surface area contributed by atoms with Crippen LogP contribution in [0.5, 0.6) is 0 Å². The second kappa shape index (κ2) is 3.09. The summed E-state index contributed by atoms with van der Waals surface area (Å²) in [6.07, 6.45) is 0.468. The van der Waals surface area contributed by atoms with Crippen molar-refractivity contribution < 1.29 is 9.53 Å². The van der Waals surface area contributed by atoms with Crippen LogP contribution in [0.4, 0.5) is 10.5 Å². The Morgan fingerprint density at radius 3 is 3.00 bits per heavy atom. The molecule has 67 valence electrons. The first-order chi connectivity index (χ1) is 6.33. The molecule has 3 nitrogen and oxygen atoms in total. The summed E-state index contributed by atoms with van der Waals surface area (Å²) in [5, 5.41) is 0. The van der Waals surface area contributed by atoms with Crippen LogP contribution in [0.25, 0.3) is 0 Å². The maximum Gasteiger partial charge on any atom is 0.414 e. The largest absolute Gasteiger partial charge is 0.452 e. The van der Waals surface area contributed by atoms with Gasteiger partial charge in [-0.15, -0.1) is 0 Å². The number of nitrogens with zero attached hydrogens (tertiary/aromatic N) is 1. The van der Waals surface area contributed by atoms with E-state index in [1.165, 1.54) is 12.0 Å². The molecule has 0 spiro atoms. The number of para-hydroxylation sites is 1. The van der Waals surface area contributed by atoms with Gasteiger partial charge >= 0.3 is 6.09 Å². The zero-order valence-corrected chi connectivity index (χ0v) is 7.36. The molecule has 0 aliphatic carbocycles. The minimum atomic E-state index is -0.329. The molecule has 13 heavy (non-hydrogen) atoms. The lowest BCUT2D eigenvalue weighted by Gasteiger charge is -2.14. The molecule has 3 heteroatoms. The molecule has 1 amide bonds. The lowest BCUT2D eigenvalue weighted by atomic mass is 10.2. The van der Waals surface area contributed by atoms with E-state index in [1.54, 1.807) is 0 Å². The first-order valence-electron chi connectivity index (χ1n) is 4.11. The van der Waals surface area contributed by atoms with E-state index in [-0.39, 0.29) is 6.09 Å². The number of ether oxygens (including phenoxy) is 1. The minimum absolute atomic E-state index is 0.329. The monoisotopic (exact) mass is 176 g/mol. The Labute approximate surface area is 76.9 Å². The third-order valence-electron chi connectivity index (χ3n) is 2.12. The van der Waals surface area contributed by atoms with Crippen LogP contribution < -0.4 is 4.90 Å². The molecule has 1 radical (unpaired) electrons. The van der Waals surface area contributed by atoms with E-state index < -0.39 is 0 Å². The van der Waals surface area contributed by atoms with Gasteiger partial charge in [0.2, 0.25) is 0 Å². The summed E-state index contributed by atoms with van der Waals surface area (Å²) in [4.78, 5) is 12.8. The molecular weight excluding hydrogens is 166 g/mol. The number of amides is 1. The number of anilines is 1. The normalized spacial score (nSPS) is 14.1. The molecule has 1 aromatic rings. The van der Waals surface area contributed by atoms with Crippen LogP contribution in [0.2, 0.25) is 0 Å². The van der Waals surface area contributed by atoms with E-state index in [0.29, 0.717) is 0 Å². The quantitative estimate of drug-likeness (QED) is 0.604. The highest BCUT2D eigenvalue weighted by molar-refractivity contribution is 5.91. The fraction of sp³-hybridized carbons (Fsp3) is 0.200. The van der Waals surface area contributed by atoms with Crippen LogP contribution in [0.1, 0.15) is 5.56 Å². The predicted molar refractivity (Wildman–Crippen MR) is 49.3 cm³/mol. The van der Waals surface area contributed by atoms with Crippen molar-refractivity contribution in [2.24, 2.45) is 0 Å². The third kappa shape index (κ3) is 1.26. The number of hydrogen-bond acceptors (Lipinski definition) is 2. The van der Waals surface area contributed by atoms with Crippen molar-refractivity contribution >= 4 is 11.8 Å². The highest BCUT2D eigenvalue weighted by atomic mass is 16.5. The Morgan fingerprint density at radius 1 is 1.46 bits per heavy atom. The predicted octanol–water partition coefficient (Wildman–Crippen LogP) is 1.98. The highest BCUT2D eigenvalue weighted by Gasteiger charge is 2.24. The van der Waals surface area contributed by atoms with E-state index in [4.69, 9.17) is 0 Å². The summed E-state index contributed by atoms with van der Waals surface area (Å²) < 4.78 is 4.65. The summed E-state index contributed by atoms with van der Waals surface area (Å²) in [5.74, 6) is 0. The van der Waals surface area contributed by atoms with Gasteiger partial charge < -0.3 is 4.74 Å². The summed E-state index contributed by atoms with van der Waals surface area (Å²) in [6, 6.07) is 7.80. The van der Waals surface area contributed by atoms with Gasteiger partial charge in [0, 0.05) is 0 Å². The van der Waals surface area contributed by atoms with Crippen molar-refractivity contribution in [3.63, 3.8) is 0 Å². The molecule has 1 heterocycles. The Hall–Kier alpha value is -1.51. The van der Waals surface area contributed by atoms with Gasteiger partial charge in [0.1, 0.15) is 0 Å². The maximum absolute atomic E-state index is 11.2.